The molecule has 1 amide bonds. The van der Waals surface area contributed by atoms with Crippen LogP contribution in [0.1, 0.15) is 34.8 Å². The predicted molar refractivity (Wildman–Crippen MR) is 65.0 cm³/mol. The predicted octanol–water partition coefficient (Wildman–Crippen LogP) is 1.60. The van der Waals surface area contributed by atoms with Crippen molar-refractivity contribution in [3.05, 3.63) is 34.6 Å². The molecule has 0 aliphatic rings. The molecule has 1 aromatic rings. The Hall–Kier alpha value is -2.42. The van der Waals surface area contributed by atoms with Crippen LogP contribution in [-0.4, -0.2) is 23.0 Å². The molecule has 0 heterocycles. The zero-order chi connectivity index (χ0) is 14.6. The molecule has 5 nitrogen and oxygen atoms in total. The molecule has 0 bridgehead atoms. The summed E-state index contributed by atoms with van der Waals surface area (Å²) in [6, 6.07) is 2.97. The van der Waals surface area contributed by atoms with Crippen LogP contribution >= 0.6 is 0 Å². The van der Waals surface area contributed by atoms with Gasteiger partial charge in [0.05, 0.1) is 11.1 Å². The second kappa shape index (κ2) is 5.96. The highest BCUT2D eigenvalue weighted by atomic mass is 19.1. The van der Waals surface area contributed by atoms with E-state index in [2.05, 4.69) is 5.32 Å². The summed E-state index contributed by atoms with van der Waals surface area (Å²) in [6.45, 7) is 3.00. The van der Waals surface area contributed by atoms with E-state index >= 15 is 0 Å². The maximum Gasteiger partial charge on any atom is 0.326 e. The summed E-state index contributed by atoms with van der Waals surface area (Å²) in [7, 11) is 0. The molecule has 0 aliphatic carbocycles. The number of carboxylic acids is 1. The van der Waals surface area contributed by atoms with Gasteiger partial charge in [0.25, 0.3) is 5.91 Å². The third-order valence-corrected chi connectivity index (χ3v) is 2.77. The maximum absolute atomic E-state index is 13.3. The molecule has 0 spiro atoms. The number of hydrogen-bond donors (Lipinski definition) is 2. The summed E-state index contributed by atoms with van der Waals surface area (Å²) in [5, 5.41) is 20.1. The number of carbonyl (C=O) groups is 2. The van der Waals surface area contributed by atoms with Gasteiger partial charge in [-0.15, -0.1) is 0 Å². The van der Waals surface area contributed by atoms with E-state index in [1.54, 1.807) is 13.0 Å². The van der Waals surface area contributed by atoms with Crippen molar-refractivity contribution in [2.45, 2.75) is 26.3 Å². The minimum Gasteiger partial charge on any atom is -0.480 e. The molecule has 0 radical (unpaired) electrons. The first-order valence-electron chi connectivity index (χ1n) is 5.65. The summed E-state index contributed by atoms with van der Waals surface area (Å²) < 4.78 is 13.3. The molecule has 0 aliphatic heterocycles. The Labute approximate surface area is 109 Å². The van der Waals surface area contributed by atoms with E-state index in [0.717, 1.165) is 6.07 Å². The van der Waals surface area contributed by atoms with Crippen molar-refractivity contribution in [1.29, 1.82) is 5.26 Å². The van der Waals surface area contributed by atoms with Gasteiger partial charge in [0.15, 0.2) is 0 Å². The number of nitrogens with one attached hydrogen (secondary N) is 1. The Kier molecular flexibility index (Phi) is 4.59. The van der Waals surface area contributed by atoms with Gasteiger partial charge in [-0.3, -0.25) is 4.79 Å². The highest BCUT2D eigenvalue weighted by Crippen LogP contribution is 2.17. The fourth-order valence-corrected chi connectivity index (χ4v) is 1.59. The van der Waals surface area contributed by atoms with Crippen LogP contribution in [-0.2, 0) is 4.79 Å². The van der Waals surface area contributed by atoms with Crippen LogP contribution in [0.5, 0.6) is 0 Å². The van der Waals surface area contributed by atoms with Crippen LogP contribution < -0.4 is 5.32 Å². The van der Waals surface area contributed by atoms with Crippen molar-refractivity contribution in [3.8, 4) is 6.07 Å². The van der Waals surface area contributed by atoms with E-state index in [1.807, 2.05) is 0 Å². The molecular weight excluding hydrogens is 251 g/mol. The maximum atomic E-state index is 13.3. The lowest BCUT2D eigenvalue weighted by Gasteiger charge is -2.13. The quantitative estimate of drug-likeness (QED) is 0.864. The van der Waals surface area contributed by atoms with E-state index in [9.17, 15) is 14.0 Å². The third kappa shape index (κ3) is 3.07. The minimum atomic E-state index is -1.16. The van der Waals surface area contributed by atoms with Gasteiger partial charge in [0, 0.05) is 5.56 Å². The number of rotatable bonds is 4. The van der Waals surface area contributed by atoms with Crippen molar-refractivity contribution in [2.75, 3.05) is 0 Å². The second-order valence-electron chi connectivity index (χ2n) is 3.98. The highest BCUT2D eigenvalue weighted by Gasteiger charge is 2.21. The van der Waals surface area contributed by atoms with Crippen LogP contribution in [0.2, 0.25) is 0 Å². The molecule has 6 heteroatoms. The van der Waals surface area contributed by atoms with Gasteiger partial charge in [-0.1, -0.05) is 6.92 Å². The van der Waals surface area contributed by atoms with Crippen LogP contribution in [0, 0.1) is 24.1 Å². The molecular formula is C13H13FN2O3. The largest absolute Gasteiger partial charge is 0.480 e. The molecule has 0 fully saturated rings. The minimum absolute atomic E-state index is 0.0268. The summed E-state index contributed by atoms with van der Waals surface area (Å²) in [4.78, 5) is 22.7. The number of amides is 1. The zero-order valence-corrected chi connectivity index (χ0v) is 10.5. The average molecular weight is 264 g/mol. The molecule has 100 valence electrons. The summed E-state index contributed by atoms with van der Waals surface area (Å²) in [6.07, 6.45) is 0.211. The molecule has 0 unspecified atom stereocenters. The Morgan fingerprint density at radius 1 is 1.53 bits per heavy atom. The Morgan fingerprint density at radius 2 is 2.16 bits per heavy atom. The Bertz CT molecular complexity index is 564. The number of halogens is 1. The van der Waals surface area contributed by atoms with Crippen molar-refractivity contribution >= 4 is 11.9 Å². The fraction of sp³-hybridized carbons (Fsp3) is 0.308. The first-order valence-corrected chi connectivity index (χ1v) is 5.65. The molecule has 2 N–H and O–H groups in total. The van der Waals surface area contributed by atoms with Crippen LogP contribution in [0.25, 0.3) is 0 Å². The van der Waals surface area contributed by atoms with E-state index in [0.29, 0.717) is 0 Å². The van der Waals surface area contributed by atoms with Gasteiger partial charge in [-0.05, 0) is 25.5 Å². The van der Waals surface area contributed by atoms with Crippen molar-refractivity contribution < 1.29 is 19.1 Å². The first kappa shape index (κ1) is 14.6. The number of carboxylic acid groups (broad SMARTS) is 1. The lowest BCUT2D eigenvalue weighted by Crippen LogP contribution is -2.40. The standard InChI is InChI=1S/C13H13FN2O3/c1-3-11(13(18)19)16-12(17)8-4-5-10(14)7(2)9(8)6-15/h4-5,11H,3H2,1-2H3,(H,16,17)(H,18,19)/t11-/m1/s1. The fourth-order valence-electron chi connectivity index (χ4n) is 1.59. The monoisotopic (exact) mass is 264 g/mol. The molecule has 1 atom stereocenters. The number of hydrogen-bond acceptors (Lipinski definition) is 3. The summed E-state index contributed by atoms with van der Waals surface area (Å²) in [5.41, 5.74) is -0.0441. The Morgan fingerprint density at radius 3 is 2.63 bits per heavy atom. The van der Waals surface area contributed by atoms with Gasteiger partial charge >= 0.3 is 5.97 Å². The number of benzene rings is 1. The first-order chi connectivity index (χ1) is 8.92. The van der Waals surface area contributed by atoms with Crippen LogP contribution in [0.3, 0.4) is 0 Å². The van der Waals surface area contributed by atoms with Crippen molar-refractivity contribution in [1.82, 2.24) is 5.32 Å². The average Bonchev–Trinajstić information content (AvgIpc) is 2.38. The molecule has 19 heavy (non-hydrogen) atoms. The molecule has 1 rings (SSSR count). The Balaban J connectivity index is 3.11. The van der Waals surface area contributed by atoms with Crippen LogP contribution in [0.15, 0.2) is 12.1 Å². The summed E-state index contributed by atoms with van der Waals surface area (Å²) in [5.74, 6) is -2.44. The van der Waals surface area contributed by atoms with Crippen molar-refractivity contribution in [3.63, 3.8) is 0 Å². The van der Waals surface area contributed by atoms with Gasteiger partial charge in [0.1, 0.15) is 17.9 Å². The molecule has 0 saturated heterocycles. The molecule has 1 aromatic carbocycles. The lowest BCUT2D eigenvalue weighted by molar-refractivity contribution is -0.139. The number of aliphatic carboxylic acids is 1. The lowest BCUT2D eigenvalue weighted by atomic mass is 10.0. The van der Waals surface area contributed by atoms with Gasteiger partial charge in [-0.25, -0.2) is 9.18 Å². The van der Waals surface area contributed by atoms with Gasteiger partial charge in [0.2, 0.25) is 0 Å². The topological polar surface area (TPSA) is 90.2 Å². The number of carbonyl (C=O) groups excluding carboxylic acids is 1. The third-order valence-electron chi connectivity index (χ3n) is 2.77. The smallest absolute Gasteiger partial charge is 0.326 e. The number of nitrogens with zero attached hydrogens (tertiary/aromatic N) is 1. The van der Waals surface area contributed by atoms with Gasteiger partial charge in [-0.2, -0.15) is 5.26 Å². The van der Waals surface area contributed by atoms with Gasteiger partial charge < -0.3 is 10.4 Å². The highest BCUT2D eigenvalue weighted by molar-refractivity contribution is 5.99. The van der Waals surface area contributed by atoms with E-state index in [4.69, 9.17) is 10.4 Å². The normalized spacial score (nSPS) is 11.5. The van der Waals surface area contributed by atoms with Crippen LogP contribution in [0.4, 0.5) is 4.39 Å². The molecule has 0 saturated carbocycles. The zero-order valence-electron chi connectivity index (χ0n) is 10.5. The molecule has 0 aromatic heterocycles. The summed E-state index contributed by atoms with van der Waals surface area (Å²) >= 11 is 0. The van der Waals surface area contributed by atoms with E-state index in [-0.39, 0.29) is 23.1 Å². The van der Waals surface area contributed by atoms with E-state index < -0.39 is 23.7 Å². The van der Waals surface area contributed by atoms with Crippen molar-refractivity contribution in [2.24, 2.45) is 0 Å². The van der Waals surface area contributed by atoms with E-state index in [1.165, 1.54) is 13.0 Å². The SMILES string of the molecule is CC[C@@H](NC(=O)c1ccc(F)c(C)c1C#N)C(=O)O. The second-order valence-corrected chi connectivity index (χ2v) is 3.98. The number of nitriles is 1.